The molecular formula is C24H39ClO2Si2. The van der Waals surface area contributed by atoms with Crippen molar-refractivity contribution in [2.75, 3.05) is 0 Å². The van der Waals surface area contributed by atoms with Crippen molar-refractivity contribution in [3.8, 4) is 11.5 Å². The van der Waals surface area contributed by atoms with Crippen molar-refractivity contribution < 1.29 is 9.22 Å². The summed E-state index contributed by atoms with van der Waals surface area (Å²) in [6.45, 7) is 22.4. The average Bonchev–Trinajstić information content (AvgIpc) is 2.75. The van der Waals surface area contributed by atoms with Crippen LogP contribution in [0.2, 0.25) is 37.8 Å². The van der Waals surface area contributed by atoms with Gasteiger partial charge in [0.1, 0.15) is 13.8 Å². The molecule has 0 saturated heterocycles. The van der Waals surface area contributed by atoms with Crippen molar-refractivity contribution in [2.45, 2.75) is 98.1 Å². The number of halogens is 1. The van der Waals surface area contributed by atoms with Gasteiger partial charge in [-0.3, -0.25) is 4.79 Å². The quantitative estimate of drug-likeness (QED) is 0.328. The predicted molar refractivity (Wildman–Crippen MR) is 130 cm³/mol. The van der Waals surface area contributed by atoms with Crippen LogP contribution in [0.4, 0.5) is 0 Å². The zero-order chi connectivity index (χ0) is 22.5. The van der Waals surface area contributed by atoms with Crippen molar-refractivity contribution in [3.63, 3.8) is 0 Å². The fourth-order valence-corrected chi connectivity index (χ4v) is 6.25. The Morgan fingerprint density at radius 3 is 2.24 bits per heavy atom. The molecule has 29 heavy (non-hydrogen) atoms. The van der Waals surface area contributed by atoms with Crippen molar-refractivity contribution in [1.29, 1.82) is 0 Å². The summed E-state index contributed by atoms with van der Waals surface area (Å²) in [5.41, 5.74) is 4.17. The molecule has 0 aromatic heterocycles. The number of hydrogen-bond acceptors (Lipinski definition) is 2. The summed E-state index contributed by atoms with van der Waals surface area (Å²) >= 11 is 6.85. The number of allylic oxidation sites excluding steroid dienone is 3. The molecular weight excluding hydrogens is 412 g/mol. The highest BCUT2D eigenvalue weighted by Gasteiger charge is 2.56. The van der Waals surface area contributed by atoms with Crippen LogP contribution in [0.15, 0.2) is 22.4 Å². The van der Waals surface area contributed by atoms with E-state index in [4.69, 9.17) is 16.0 Å². The predicted octanol–water partition coefficient (Wildman–Crippen LogP) is 7.44. The summed E-state index contributed by atoms with van der Waals surface area (Å²) in [6, 6.07) is 0. The van der Waals surface area contributed by atoms with E-state index in [2.05, 4.69) is 78.8 Å². The molecule has 0 heterocycles. The van der Waals surface area contributed by atoms with Gasteiger partial charge < -0.3 is 4.43 Å². The summed E-state index contributed by atoms with van der Waals surface area (Å²) in [7, 11) is -3.46. The molecule has 0 unspecified atom stereocenters. The van der Waals surface area contributed by atoms with E-state index in [-0.39, 0.29) is 21.7 Å². The van der Waals surface area contributed by atoms with Crippen LogP contribution in [0.1, 0.15) is 60.3 Å². The van der Waals surface area contributed by atoms with E-state index < -0.39 is 16.4 Å². The first kappa shape index (κ1) is 24.5. The lowest BCUT2D eigenvalue weighted by molar-refractivity contribution is -0.119. The Hall–Kier alpha value is -0.766. The number of hydrogen-bond donors (Lipinski definition) is 0. The minimum atomic E-state index is -2.07. The monoisotopic (exact) mass is 450 g/mol. The Balaban J connectivity index is 2.45. The molecule has 1 atom stereocenters. The molecule has 0 aromatic carbocycles. The van der Waals surface area contributed by atoms with Crippen molar-refractivity contribution in [1.82, 2.24) is 0 Å². The number of carbonyl (C=O) groups is 1. The molecule has 0 amide bonds. The van der Waals surface area contributed by atoms with E-state index in [9.17, 15) is 4.79 Å². The lowest BCUT2D eigenvalue weighted by Crippen LogP contribution is -2.44. The lowest BCUT2D eigenvalue weighted by Gasteiger charge is -2.48. The molecule has 0 fully saturated rings. The van der Waals surface area contributed by atoms with Gasteiger partial charge in [-0.1, -0.05) is 65.9 Å². The minimum absolute atomic E-state index is 0.0694. The maximum absolute atomic E-state index is 12.6. The fourth-order valence-electron chi connectivity index (χ4n) is 4.11. The van der Waals surface area contributed by atoms with Gasteiger partial charge in [-0.15, -0.1) is 11.5 Å². The van der Waals surface area contributed by atoms with Crippen LogP contribution in [0.3, 0.4) is 0 Å². The highest BCUT2D eigenvalue weighted by Crippen LogP contribution is 2.63. The van der Waals surface area contributed by atoms with Crippen LogP contribution in [0.5, 0.6) is 0 Å². The second kappa shape index (κ2) is 7.73. The molecule has 0 spiro atoms. The van der Waals surface area contributed by atoms with E-state index in [1.165, 1.54) is 0 Å². The minimum Gasteiger partial charge on any atom is -0.543 e. The molecule has 0 N–H and O–H groups in total. The van der Waals surface area contributed by atoms with Gasteiger partial charge in [0.2, 0.25) is 0 Å². The zero-order valence-corrected chi connectivity index (χ0v) is 22.9. The molecule has 0 aromatic rings. The molecule has 2 aliphatic carbocycles. The standard InChI is InChI=1S/C24H39ClO2Si2/c1-22(2,3)29(9,10)27-21-19-15-18(26)16-23(4,5)24(19,17-20(21)25)13-11-12-14-28(6,7)8/h15H,11,13,16-17H2,1-10H3/t24-/m0/s1. The third kappa shape index (κ3) is 4.94. The molecule has 162 valence electrons. The van der Waals surface area contributed by atoms with Gasteiger partial charge >= 0.3 is 0 Å². The third-order valence-electron chi connectivity index (χ3n) is 6.98. The zero-order valence-electron chi connectivity index (χ0n) is 20.1. The average molecular weight is 451 g/mol. The van der Waals surface area contributed by atoms with Crippen LogP contribution in [0, 0.1) is 22.3 Å². The number of carbonyl (C=O) groups excluding carboxylic acids is 1. The van der Waals surface area contributed by atoms with Crippen molar-refractivity contribution >= 4 is 33.8 Å². The maximum Gasteiger partial charge on any atom is 0.250 e. The van der Waals surface area contributed by atoms with Gasteiger partial charge in [-0.2, -0.15) is 0 Å². The lowest BCUT2D eigenvalue weighted by atomic mass is 9.55. The molecule has 0 aliphatic heterocycles. The third-order valence-corrected chi connectivity index (χ3v) is 12.5. The van der Waals surface area contributed by atoms with Crippen LogP contribution < -0.4 is 0 Å². The molecule has 0 saturated carbocycles. The molecule has 5 heteroatoms. The second-order valence-corrected chi connectivity index (χ2v) is 21.9. The van der Waals surface area contributed by atoms with E-state index in [0.717, 1.165) is 35.6 Å². The van der Waals surface area contributed by atoms with Crippen LogP contribution >= 0.6 is 11.6 Å². The SMILES string of the molecule is CC1(C)CC(=O)C=C2C(O[Si](C)(C)C(C)(C)C)=C(Cl)C[C@@]21CCC#C[Si](C)(C)C. The number of fused-ring (bicyclic) bond motifs is 1. The number of rotatable bonds is 4. The first-order chi connectivity index (χ1) is 12.9. The van der Waals surface area contributed by atoms with Crippen LogP contribution in [-0.4, -0.2) is 22.2 Å². The summed E-state index contributed by atoms with van der Waals surface area (Å²) < 4.78 is 6.71. The first-order valence-electron chi connectivity index (χ1n) is 10.8. The fraction of sp³-hybridized carbons (Fsp3) is 0.708. The smallest absolute Gasteiger partial charge is 0.250 e. The van der Waals surface area contributed by atoms with Gasteiger partial charge in [0.05, 0.1) is 5.03 Å². The first-order valence-corrected chi connectivity index (χ1v) is 17.5. The summed E-state index contributed by atoms with van der Waals surface area (Å²) in [4.78, 5) is 12.6. The van der Waals surface area contributed by atoms with Crippen molar-refractivity contribution in [2.24, 2.45) is 10.8 Å². The molecule has 0 bridgehead atoms. The van der Waals surface area contributed by atoms with Crippen LogP contribution in [-0.2, 0) is 9.22 Å². The highest BCUT2D eigenvalue weighted by molar-refractivity contribution is 6.83. The number of ketones is 1. The highest BCUT2D eigenvalue weighted by atomic mass is 35.5. The van der Waals surface area contributed by atoms with Gasteiger partial charge in [-0.25, -0.2) is 0 Å². The summed E-state index contributed by atoms with van der Waals surface area (Å²) in [5, 5.41) is 0.849. The Bertz CT molecular complexity index is 811. The van der Waals surface area contributed by atoms with Crippen molar-refractivity contribution in [3.05, 3.63) is 22.4 Å². The largest absolute Gasteiger partial charge is 0.543 e. The molecule has 2 nitrogen and oxygen atoms in total. The molecule has 0 radical (unpaired) electrons. The van der Waals surface area contributed by atoms with E-state index in [1.54, 1.807) is 0 Å². The van der Waals surface area contributed by atoms with Gasteiger partial charge in [0.15, 0.2) is 5.78 Å². The molecule has 2 aliphatic rings. The Labute approximate surface area is 185 Å². The Morgan fingerprint density at radius 2 is 1.72 bits per heavy atom. The Morgan fingerprint density at radius 1 is 1.14 bits per heavy atom. The van der Waals surface area contributed by atoms with E-state index in [0.29, 0.717) is 6.42 Å². The van der Waals surface area contributed by atoms with Gasteiger partial charge in [0, 0.05) is 23.8 Å². The second-order valence-electron chi connectivity index (χ2n) is 12.0. The topological polar surface area (TPSA) is 26.3 Å². The Kier molecular flexibility index (Phi) is 6.53. The van der Waals surface area contributed by atoms with E-state index >= 15 is 0 Å². The van der Waals surface area contributed by atoms with E-state index in [1.807, 2.05) is 6.08 Å². The maximum atomic E-state index is 12.6. The van der Waals surface area contributed by atoms with Gasteiger partial charge in [-0.05, 0) is 42.5 Å². The molecule has 2 rings (SSSR count). The summed E-state index contributed by atoms with van der Waals surface area (Å²) in [5.74, 6) is 4.40. The normalized spacial score (nSPS) is 24.7. The van der Waals surface area contributed by atoms with Gasteiger partial charge in [0.25, 0.3) is 8.32 Å². The van der Waals surface area contributed by atoms with Crippen LogP contribution in [0.25, 0.3) is 0 Å². The summed E-state index contributed by atoms with van der Waals surface area (Å²) in [6.07, 6.45) is 4.87.